The largest absolute Gasteiger partial charge is 0.493 e. The van der Waals surface area contributed by atoms with Gasteiger partial charge in [0.25, 0.3) is 0 Å². The van der Waals surface area contributed by atoms with Crippen molar-refractivity contribution in [3.8, 4) is 11.6 Å². The fraction of sp³-hybridized carbons (Fsp3) is 0.600. The Morgan fingerprint density at radius 2 is 1.68 bits per heavy atom. The number of fused-ring (bicyclic) bond motifs is 2. The minimum absolute atomic E-state index is 0.0621. The maximum atomic E-state index is 11.8. The van der Waals surface area contributed by atoms with E-state index in [9.17, 15) is 4.79 Å². The van der Waals surface area contributed by atoms with Crippen LogP contribution in [-0.2, 0) is 0 Å². The lowest BCUT2D eigenvalue weighted by Gasteiger charge is -2.13. The minimum atomic E-state index is -0.0621. The van der Waals surface area contributed by atoms with Crippen LogP contribution in [0, 0.1) is 0 Å². The van der Waals surface area contributed by atoms with Crippen LogP contribution in [0.15, 0.2) is 12.3 Å². The van der Waals surface area contributed by atoms with Crippen LogP contribution in [0.5, 0.6) is 11.6 Å². The summed E-state index contributed by atoms with van der Waals surface area (Å²) < 4.78 is 11.4. The summed E-state index contributed by atoms with van der Waals surface area (Å²) in [6, 6.07) is 1.74. The van der Waals surface area contributed by atoms with Crippen molar-refractivity contribution < 1.29 is 14.3 Å². The second kappa shape index (κ2) is 7.12. The van der Waals surface area contributed by atoms with Crippen molar-refractivity contribution in [2.45, 2.75) is 45.4 Å². The third kappa shape index (κ3) is 3.94. The van der Waals surface area contributed by atoms with Crippen molar-refractivity contribution in [1.29, 1.82) is 0 Å². The summed E-state index contributed by atoms with van der Waals surface area (Å²) in [6.45, 7) is 2.77. The molecule has 0 aromatic carbocycles. The molecule has 4 heteroatoms. The van der Waals surface area contributed by atoms with Crippen molar-refractivity contribution in [2.24, 2.45) is 0 Å². The van der Waals surface area contributed by atoms with E-state index >= 15 is 0 Å². The lowest BCUT2D eigenvalue weighted by molar-refractivity contribution is 0.100. The Kier molecular flexibility index (Phi) is 5.19. The van der Waals surface area contributed by atoms with Crippen molar-refractivity contribution in [3.05, 3.63) is 17.8 Å². The number of hydrogen-bond acceptors (Lipinski definition) is 4. The molecule has 0 N–H and O–H groups in total. The maximum Gasteiger partial charge on any atom is 0.228 e. The van der Waals surface area contributed by atoms with E-state index in [-0.39, 0.29) is 5.78 Å². The lowest BCUT2D eigenvalue weighted by atomic mass is 10.1. The fourth-order valence-corrected chi connectivity index (χ4v) is 2.24. The van der Waals surface area contributed by atoms with Crippen LogP contribution in [0.25, 0.3) is 0 Å². The van der Waals surface area contributed by atoms with Gasteiger partial charge in [0.2, 0.25) is 5.88 Å². The Morgan fingerprint density at radius 1 is 1.05 bits per heavy atom. The lowest BCUT2D eigenvalue weighted by Crippen LogP contribution is -2.08. The first-order valence-corrected chi connectivity index (χ1v) is 7.04. The topological polar surface area (TPSA) is 48.4 Å². The number of hydrogen-bond donors (Lipinski definition) is 0. The molecule has 0 spiro atoms. The molecule has 0 unspecified atom stereocenters. The molecule has 1 aliphatic rings. The first kappa shape index (κ1) is 13.8. The normalized spacial score (nSPS) is 17.1. The average Bonchev–Trinajstić information content (AvgIpc) is 2.40. The minimum Gasteiger partial charge on any atom is -0.493 e. The van der Waals surface area contributed by atoms with Gasteiger partial charge in [0.05, 0.1) is 13.2 Å². The fourth-order valence-electron chi connectivity index (χ4n) is 2.24. The van der Waals surface area contributed by atoms with Gasteiger partial charge < -0.3 is 9.47 Å². The Balaban J connectivity index is 2.21. The van der Waals surface area contributed by atoms with Gasteiger partial charge in [-0.2, -0.15) is 0 Å². The molecule has 2 heterocycles. The highest BCUT2D eigenvalue weighted by molar-refractivity contribution is 5.99. The number of carbonyl (C=O) groups excluding carboxylic acids is 1. The second-order valence-electron chi connectivity index (χ2n) is 4.86. The molecule has 0 saturated heterocycles. The predicted octanol–water partition coefficient (Wildman–Crippen LogP) is 3.40. The Hall–Kier alpha value is -1.58. The smallest absolute Gasteiger partial charge is 0.228 e. The van der Waals surface area contributed by atoms with E-state index in [1.807, 2.05) is 0 Å². The monoisotopic (exact) mass is 263 g/mol. The Morgan fingerprint density at radius 3 is 2.37 bits per heavy atom. The standard InChI is InChI=1S/C15H21NO3/c1-12(17)14-13-8-9-16-15(14)19-11-7-5-3-2-4-6-10-18-13/h8-9H,2-7,10-11H2,1H3. The number of aromatic nitrogens is 1. The molecule has 1 aromatic heterocycles. The number of pyridine rings is 1. The van der Waals surface area contributed by atoms with E-state index in [0.717, 1.165) is 19.3 Å². The molecule has 19 heavy (non-hydrogen) atoms. The molecule has 0 amide bonds. The summed E-state index contributed by atoms with van der Waals surface area (Å²) in [5.41, 5.74) is 0.474. The summed E-state index contributed by atoms with van der Waals surface area (Å²) >= 11 is 0. The van der Waals surface area contributed by atoms with E-state index in [4.69, 9.17) is 9.47 Å². The SMILES string of the molecule is CC(=O)c1c2ccnc1OCCCCCCCCO2. The molecule has 104 valence electrons. The highest BCUT2D eigenvalue weighted by atomic mass is 16.5. The number of carbonyl (C=O) groups is 1. The second-order valence-corrected chi connectivity index (χ2v) is 4.86. The van der Waals surface area contributed by atoms with E-state index in [2.05, 4.69) is 4.98 Å². The summed E-state index contributed by atoms with van der Waals surface area (Å²) in [7, 11) is 0. The van der Waals surface area contributed by atoms with Gasteiger partial charge in [-0.15, -0.1) is 0 Å². The molecular weight excluding hydrogens is 242 g/mol. The molecule has 4 nitrogen and oxygen atoms in total. The summed E-state index contributed by atoms with van der Waals surface area (Å²) in [5, 5.41) is 0. The molecular formula is C15H21NO3. The summed E-state index contributed by atoms with van der Waals surface area (Å²) in [5.74, 6) is 0.939. The zero-order chi connectivity index (χ0) is 13.5. The first-order valence-electron chi connectivity index (χ1n) is 7.04. The number of nitrogens with zero attached hydrogens (tertiary/aromatic N) is 1. The Bertz CT molecular complexity index is 401. The van der Waals surface area contributed by atoms with Crippen LogP contribution in [0.3, 0.4) is 0 Å². The number of ketones is 1. The first-order chi connectivity index (χ1) is 9.29. The maximum absolute atomic E-state index is 11.8. The molecule has 0 saturated carbocycles. The van der Waals surface area contributed by atoms with E-state index in [1.165, 1.54) is 26.2 Å². The van der Waals surface area contributed by atoms with Crippen molar-refractivity contribution in [3.63, 3.8) is 0 Å². The van der Waals surface area contributed by atoms with Crippen LogP contribution in [-0.4, -0.2) is 24.0 Å². The van der Waals surface area contributed by atoms with Gasteiger partial charge >= 0.3 is 0 Å². The van der Waals surface area contributed by atoms with E-state index < -0.39 is 0 Å². The van der Waals surface area contributed by atoms with Crippen molar-refractivity contribution in [2.75, 3.05) is 13.2 Å². The molecule has 2 rings (SSSR count). The van der Waals surface area contributed by atoms with Gasteiger partial charge in [0.1, 0.15) is 11.3 Å². The van der Waals surface area contributed by atoms with Crippen LogP contribution in [0.1, 0.15) is 55.8 Å². The molecule has 1 aromatic rings. The highest BCUT2D eigenvalue weighted by Crippen LogP contribution is 2.27. The van der Waals surface area contributed by atoms with Crippen LogP contribution in [0.2, 0.25) is 0 Å². The average molecular weight is 263 g/mol. The summed E-state index contributed by atoms with van der Waals surface area (Å²) in [4.78, 5) is 15.9. The third-order valence-electron chi connectivity index (χ3n) is 3.27. The number of Topliss-reactive ketones (excluding diaryl/α,β-unsaturated/α-hetero) is 1. The van der Waals surface area contributed by atoms with Crippen LogP contribution in [0.4, 0.5) is 0 Å². The molecule has 0 fully saturated rings. The molecule has 1 aliphatic heterocycles. The van der Waals surface area contributed by atoms with Crippen LogP contribution >= 0.6 is 0 Å². The van der Waals surface area contributed by atoms with Crippen molar-refractivity contribution in [1.82, 2.24) is 4.98 Å². The van der Waals surface area contributed by atoms with Gasteiger partial charge in [0.15, 0.2) is 5.78 Å². The van der Waals surface area contributed by atoms with Gasteiger partial charge in [-0.05, 0) is 25.8 Å². The molecule has 0 atom stereocenters. The third-order valence-corrected chi connectivity index (χ3v) is 3.27. The zero-order valence-corrected chi connectivity index (χ0v) is 11.5. The predicted molar refractivity (Wildman–Crippen MR) is 72.9 cm³/mol. The van der Waals surface area contributed by atoms with E-state index in [1.54, 1.807) is 12.3 Å². The van der Waals surface area contributed by atoms with Crippen LogP contribution < -0.4 is 9.47 Å². The quantitative estimate of drug-likeness (QED) is 0.729. The van der Waals surface area contributed by atoms with Gasteiger partial charge in [-0.25, -0.2) is 4.98 Å². The highest BCUT2D eigenvalue weighted by Gasteiger charge is 2.17. The Labute approximate surface area is 114 Å². The summed E-state index contributed by atoms with van der Waals surface area (Å²) in [6.07, 6.45) is 8.47. The number of rotatable bonds is 1. The molecule has 0 radical (unpaired) electrons. The number of ether oxygens (including phenoxy) is 2. The van der Waals surface area contributed by atoms with Crippen molar-refractivity contribution >= 4 is 5.78 Å². The zero-order valence-electron chi connectivity index (χ0n) is 11.5. The molecule has 0 aliphatic carbocycles. The van der Waals surface area contributed by atoms with Gasteiger partial charge in [-0.1, -0.05) is 25.7 Å². The van der Waals surface area contributed by atoms with Gasteiger partial charge in [-0.3, -0.25) is 4.79 Å². The van der Waals surface area contributed by atoms with E-state index in [0.29, 0.717) is 30.4 Å². The van der Waals surface area contributed by atoms with Gasteiger partial charge in [0, 0.05) is 6.20 Å². The molecule has 2 bridgehead atoms.